The van der Waals surface area contributed by atoms with E-state index in [2.05, 4.69) is 4.72 Å². The number of carbonyl (C=O) groups is 2. The van der Waals surface area contributed by atoms with Crippen LogP contribution in [0.25, 0.3) is 0 Å². The summed E-state index contributed by atoms with van der Waals surface area (Å²) in [5, 5.41) is 0.489. The molecule has 2 aromatic carbocycles. The highest BCUT2D eigenvalue weighted by Crippen LogP contribution is 2.15. The number of hydrogen-bond donors (Lipinski definition) is 1. The van der Waals surface area contributed by atoms with Crippen molar-refractivity contribution in [1.29, 1.82) is 0 Å². The standard InChI is InChI=1S/C17H16ClNO5S/c1-11(24-17(21)13-3-7-14(18)8-4-13)16(20)12-5-9-15(10-6-12)19-25(2,22)23/h3-11,19H,1-2H3. The van der Waals surface area contributed by atoms with Crippen molar-refractivity contribution in [2.75, 3.05) is 11.0 Å². The molecule has 0 bridgehead atoms. The van der Waals surface area contributed by atoms with E-state index in [-0.39, 0.29) is 5.56 Å². The van der Waals surface area contributed by atoms with Crippen LogP contribution in [0.3, 0.4) is 0 Å². The highest BCUT2D eigenvalue weighted by Gasteiger charge is 2.20. The third kappa shape index (κ3) is 5.58. The van der Waals surface area contributed by atoms with Gasteiger partial charge in [-0.1, -0.05) is 11.6 Å². The van der Waals surface area contributed by atoms with Gasteiger partial charge in [0, 0.05) is 16.3 Å². The van der Waals surface area contributed by atoms with Crippen molar-refractivity contribution in [3.05, 3.63) is 64.7 Å². The first-order chi connectivity index (χ1) is 11.7. The average molecular weight is 382 g/mol. The molecule has 8 heteroatoms. The second-order valence-corrected chi connectivity index (χ2v) is 7.56. The molecule has 2 aromatic rings. The number of ether oxygens (including phenoxy) is 1. The Hall–Kier alpha value is -2.38. The first-order valence-corrected chi connectivity index (χ1v) is 9.51. The molecule has 0 saturated heterocycles. The Morgan fingerprint density at radius 1 is 1.00 bits per heavy atom. The van der Waals surface area contributed by atoms with Gasteiger partial charge in [-0.25, -0.2) is 13.2 Å². The molecule has 0 aliphatic rings. The summed E-state index contributed by atoms with van der Waals surface area (Å²) in [5.41, 5.74) is 0.928. The molecule has 1 unspecified atom stereocenters. The van der Waals surface area contributed by atoms with Gasteiger partial charge in [0.1, 0.15) is 0 Å². The summed E-state index contributed by atoms with van der Waals surface area (Å²) in [7, 11) is -3.39. The number of rotatable bonds is 6. The van der Waals surface area contributed by atoms with Crippen LogP contribution in [0, 0.1) is 0 Å². The molecule has 2 rings (SSSR count). The van der Waals surface area contributed by atoms with E-state index >= 15 is 0 Å². The first kappa shape index (κ1) is 19.0. The number of ketones is 1. The molecule has 6 nitrogen and oxygen atoms in total. The summed E-state index contributed by atoms with van der Waals surface area (Å²) in [4.78, 5) is 24.3. The minimum atomic E-state index is -3.39. The van der Waals surface area contributed by atoms with Crippen LogP contribution in [0.5, 0.6) is 0 Å². The van der Waals surface area contributed by atoms with Crippen LogP contribution < -0.4 is 4.72 Å². The molecule has 1 atom stereocenters. The molecule has 0 radical (unpaired) electrons. The molecule has 0 aliphatic carbocycles. The van der Waals surface area contributed by atoms with E-state index < -0.39 is 27.9 Å². The monoisotopic (exact) mass is 381 g/mol. The van der Waals surface area contributed by atoms with Gasteiger partial charge in [0.2, 0.25) is 15.8 Å². The van der Waals surface area contributed by atoms with Crippen LogP contribution in [0.2, 0.25) is 5.02 Å². The summed E-state index contributed by atoms with van der Waals surface area (Å²) in [6.45, 7) is 1.47. The highest BCUT2D eigenvalue weighted by atomic mass is 35.5. The summed E-state index contributed by atoms with van der Waals surface area (Å²) < 4.78 is 29.8. The summed E-state index contributed by atoms with van der Waals surface area (Å²) in [6.07, 6.45) is 0.0431. The van der Waals surface area contributed by atoms with Crippen LogP contribution in [-0.4, -0.2) is 32.5 Å². The number of anilines is 1. The van der Waals surface area contributed by atoms with Crippen molar-refractivity contribution in [3.63, 3.8) is 0 Å². The molecular formula is C17H16ClNO5S. The molecule has 132 valence electrons. The average Bonchev–Trinajstić information content (AvgIpc) is 2.54. The maximum atomic E-state index is 12.3. The van der Waals surface area contributed by atoms with Gasteiger partial charge in [-0.3, -0.25) is 9.52 Å². The van der Waals surface area contributed by atoms with Crippen LogP contribution >= 0.6 is 11.6 Å². The van der Waals surface area contributed by atoms with E-state index in [0.29, 0.717) is 16.3 Å². The van der Waals surface area contributed by atoms with Gasteiger partial charge in [0.15, 0.2) is 6.10 Å². The van der Waals surface area contributed by atoms with Gasteiger partial charge in [-0.15, -0.1) is 0 Å². The Kier molecular flexibility index (Phi) is 5.81. The lowest BCUT2D eigenvalue weighted by Crippen LogP contribution is -2.24. The van der Waals surface area contributed by atoms with Crippen molar-refractivity contribution >= 4 is 39.1 Å². The van der Waals surface area contributed by atoms with E-state index in [1.165, 1.54) is 43.3 Å². The molecule has 0 amide bonds. The summed E-state index contributed by atoms with van der Waals surface area (Å²) in [6, 6.07) is 12.0. The van der Waals surface area contributed by atoms with E-state index in [4.69, 9.17) is 16.3 Å². The summed E-state index contributed by atoms with van der Waals surface area (Å²) >= 11 is 5.76. The molecule has 0 spiro atoms. The van der Waals surface area contributed by atoms with Crippen LogP contribution in [-0.2, 0) is 14.8 Å². The smallest absolute Gasteiger partial charge is 0.338 e. The molecule has 25 heavy (non-hydrogen) atoms. The van der Waals surface area contributed by atoms with Gasteiger partial charge in [-0.2, -0.15) is 0 Å². The van der Waals surface area contributed by atoms with E-state index in [9.17, 15) is 18.0 Å². The number of hydrogen-bond acceptors (Lipinski definition) is 5. The Balaban J connectivity index is 2.04. The second-order valence-electron chi connectivity index (χ2n) is 5.37. The maximum absolute atomic E-state index is 12.3. The van der Waals surface area contributed by atoms with Crippen LogP contribution in [0.15, 0.2) is 48.5 Å². The number of esters is 1. The maximum Gasteiger partial charge on any atom is 0.338 e. The molecule has 0 saturated carbocycles. The third-order valence-electron chi connectivity index (χ3n) is 3.21. The molecule has 0 fully saturated rings. The zero-order chi connectivity index (χ0) is 18.6. The summed E-state index contributed by atoms with van der Waals surface area (Å²) in [5.74, 6) is -1.03. The molecule has 0 aromatic heterocycles. The van der Waals surface area contributed by atoms with Gasteiger partial charge < -0.3 is 4.74 Å². The first-order valence-electron chi connectivity index (χ1n) is 7.24. The van der Waals surface area contributed by atoms with Crippen molar-refractivity contribution in [3.8, 4) is 0 Å². The Bertz CT molecular complexity index is 876. The number of nitrogens with one attached hydrogen (secondary N) is 1. The molecule has 0 heterocycles. The van der Waals surface area contributed by atoms with Gasteiger partial charge in [0.05, 0.1) is 11.8 Å². The number of Topliss-reactive ketones (excluding diaryl/α,β-unsaturated/α-hetero) is 1. The lowest BCUT2D eigenvalue weighted by molar-refractivity contribution is 0.0319. The van der Waals surface area contributed by atoms with Crippen molar-refractivity contribution in [1.82, 2.24) is 0 Å². The predicted octanol–water partition coefficient (Wildman–Crippen LogP) is 3.14. The van der Waals surface area contributed by atoms with Crippen molar-refractivity contribution < 1.29 is 22.7 Å². The number of sulfonamides is 1. The van der Waals surface area contributed by atoms with E-state index in [1.807, 2.05) is 0 Å². The van der Waals surface area contributed by atoms with Crippen molar-refractivity contribution in [2.24, 2.45) is 0 Å². The molecule has 0 aliphatic heterocycles. The topological polar surface area (TPSA) is 89.5 Å². The van der Waals surface area contributed by atoms with E-state index in [0.717, 1.165) is 6.26 Å². The predicted molar refractivity (Wildman–Crippen MR) is 95.6 cm³/mol. The zero-order valence-electron chi connectivity index (χ0n) is 13.5. The van der Waals surface area contributed by atoms with Gasteiger partial charge in [0.25, 0.3) is 0 Å². The highest BCUT2D eigenvalue weighted by molar-refractivity contribution is 7.92. The minimum Gasteiger partial charge on any atom is -0.451 e. The van der Waals surface area contributed by atoms with Crippen LogP contribution in [0.4, 0.5) is 5.69 Å². The number of halogens is 1. The minimum absolute atomic E-state index is 0.289. The van der Waals surface area contributed by atoms with Crippen LogP contribution in [0.1, 0.15) is 27.6 Å². The number of benzene rings is 2. The third-order valence-corrected chi connectivity index (χ3v) is 4.06. The SMILES string of the molecule is CC(OC(=O)c1ccc(Cl)cc1)C(=O)c1ccc(NS(C)(=O)=O)cc1. The fourth-order valence-corrected chi connectivity index (χ4v) is 2.71. The number of carbonyl (C=O) groups excluding carboxylic acids is 2. The molecule has 1 N–H and O–H groups in total. The lowest BCUT2D eigenvalue weighted by atomic mass is 10.1. The zero-order valence-corrected chi connectivity index (χ0v) is 15.1. The fraction of sp³-hybridized carbons (Fsp3) is 0.176. The largest absolute Gasteiger partial charge is 0.451 e. The van der Waals surface area contributed by atoms with Crippen molar-refractivity contribution in [2.45, 2.75) is 13.0 Å². The van der Waals surface area contributed by atoms with Gasteiger partial charge >= 0.3 is 5.97 Å². The quantitative estimate of drug-likeness (QED) is 0.613. The Morgan fingerprint density at radius 2 is 1.52 bits per heavy atom. The van der Waals surface area contributed by atoms with E-state index in [1.54, 1.807) is 12.1 Å². The Morgan fingerprint density at radius 3 is 2.04 bits per heavy atom. The Labute approximate surface area is 150 Å². The fourth-order valence-electron chi connectivity index (χ4n) is 2.02. The molecular weight excluding hydrogens is 366 g/mol. The van der Waals surface area contributed by atoms with Gasteiger partial charge in [-0.05, 0) is 55.5 Å². The normalized spacial score (nSPS) is 12.3. The second kappa shape index (κ2) is 7.67. The lowest BCUT2D eigenvalue weighted by Gasteiger charge is -2.13.